The largest absolute Gasteiger partial charge is 0.456 e. The van der Waals surface area contributed by atoms with E-state index in [2.05, 4.69) is 152 Å². The van der Waals surface area contributed by atoms with E-state index < -0.39 is 0 Å². The maximum absolute atomic E-state index is 6.81. The van der Waals surface area contributed by atoms with Crippen LogP contribution in [-0.2, 0) is 6.42 Å². The van der Waals surface area contributed by atoms with Crippen LogP contribution in [0.5, 0.6) is 0 Å². The van der Waals surface area contributed by atoms with Crippen LogP contribution in [0.1, 0.15) is 45.9 Å². The molecule has 1 aliphatic rings. The highest BCUT2D eigenvalue weighted by Gasteiger charge is 2.21. The number of aryl methyl sites for hydroxylation is 1. The normalized spacial score (nSPS) is 13.9. The number of allylic oxidation sites excluding steroid dienone is 2. The highest BCUT2D eigenvalue weighted by atomic mass is 16.3. The second-order valence-corrected chi connectivity index (χ2v) is 11.9. The standard InChI is InChI=1S/C43H33NO/c44-40(33-20-18-30(19-21-33)29-10-3-1-4-11-29)28-39(31-12-5-2-6-13-31)36-16-9-15-34(26-36)35-22-24-38-42(27-35)45-41-25-23-32-14-7-8-17-37(32)43(38)41/h1-21,23,25-28,39H,22,24,44H2/b40-28-. The second kappa shape index (κ2) is 11.5. The summed E-state index contributed by atoms with van der Waals surface area (Å²) in [5.74, 6) is 0.993. The van der Waals surface area contributed by atoms with Crippen molar-refractivity contribution in [2.45, 2.75) is 18.8 Å². The van der Waals surface area contributed by atoms with Gasteiger partial charge < -0.3 is 10.2 Å². The van der Waals surface area contributed by atoms with Crippen LogP contribution in [0, 0.1) is 0 Å². The van der Waals surface area contributed by atoms with Crippen LogP contribution in [0.3, 0.4) is 0 Å². The van der Waals surface area contributed by atoms with Crippen molar-refractivity contribution in [3.8, 4) is 11.1 Å². The lowest BCUT2D eigenvalue weighted by Gasteiger charge is -2.19. The van der Waals surface area contributed by atoms with Gasteiger partial charge in [0, 0.05) is 22.6 Å². The molecule has 2 nitrogen and oxygen atoms in total. The van der Waals surface area contributed by atoms with Gasteiger partial charge in [-0.15, -0.1) is 0 Å². The highest BCUT2D eigenvalue weighted by molar-refractivity contribution is 6.09. The molecule has 1 atom stereocenters. The summed E-state index contributed by atoms with van der Waals surface area (Å²) >= 11 is 0. The van der Waals surface area contributed by atoms with Gasteiger partial charge in [-0.1, -0.05) is 140 Å². The number of benzene rings is 6. The molecule has 6 aromatic carbocycles. The van der Waals surface area contributed by atoms with E-state index in [4.69, 9.17) is 10.2 Å². The van der Waals surface area contributed by atoms with Crippen molar-refractivity contribution >= 4 is 39.1 Å². The third kappa shape index (κ3) is 5.15. The molecule has 0 amide bonds. The van der Waals surface area contributed by atoms with E-state index in [1.807, 2.05) is 6.07 Å². The van der Waals surface area contributed by atoms with Crippen LogP contribution >= 0.6 is 0 Å². The molecule has 0 fully saturated rings. The summed E-state index contributed by atoms with van der Waals surface area (Å²) < 4.78 is 6.43. The van der Waals surface area contributed by atoms with Crippen molar-refractivity contribution in [3.05, 3.63) is 185 Å². The zero-order valence-corrected chi connectivity index (χ0v) is 25.0. The van der Waals surface area contributed by atoms with E-state index in [9.17, 15) is 0 Å². The second-order valence-electron chi connectivity index (χ2n) is 11.9. The number of furan rings is 1. The smallest absolute Gasteiger partial charge is 0.135 e. The third-order valence-electron chi connectivity index (χ3n) is 9.11. The molecule has 45 heavy (non-hydrogen) atoms. The molecule has 0 radical (unpaired) electrons. The van der Waals surface area contributed by atoms with Gasteiger partial charge in [-0.3, -0.25) is 0 Å². The quantitative estimate of drug-likeness (QED) is 0.213. The van der Waals surface area contributed by atoms with Gasteiger partial charge in [-0.25, -0.2) is 0 Å². The monoisotopic (exact) mass is 579 g/mol. The molecule has 0 bridgehead atoms. The zero-order chi connectivity index (χ0) is 30.2. The van der Waals surface area contributed by atoms with Gasteiger partial charge in [0.05, 0.1) is 0 Å². The summed E-state index contributed by atoms with van der Waals surface area (Å²) in [6.07, 6.45) is 6.38. The van der Waals surface area contributed by atoms with Gasteiger partial charge in [-0.2, -0.15) is 0 Å². The van der Waals surface area contributed by atoms with Gasteiger partial charge in [0.1, 0.15) is 11.3 Å². The molecule has 1 aliphatic carbocycles. The molecule has 1 unspecified atom stereocenters. The molecule has 0 saturated heterocycles. The van der Waals surface area contributed by atoms with E-state index >= 15 is 0 Å². The van der Waals surface area contributed by atoms with Crippen LogP contribution in [0.4, 0.5) is 0 Å². The Bertz CT molecular complexity index is 2200. The Kier molecular flexibility index (Phi) is 6.88. The number of nitrogens with two attached hydrogens (primary N) is 1. The van der Waals surface area contributed by atoms with E-state index in [-0.39, 0.29) is 5.92 Å². The molecule has 0 saturated carbocycles. The number of hydrogen-bond donors (Lipinski definition) is 1. The average molecular weight is 580 g/mol. The fourth-order valence-electron chi connectivity index (χ4n) is 6.77. The van der Waals surface area contributed by atoms with Crippen molar-refractivity contribution in [1.82, 2.24) is 0 Å². The minimum Gasteiger partial charge on any atom is -0.456 e. The van der Waals surface area contributed by atoms with Crippen LogP contribution in [-0.4, -0.2) is 0 Å². The first-order valence-electron chi connectivity index (χ1n) is 15.6. The lowest BCUT2D eigenvalue weighted by atomic mass is 9.85. The predicted octanol–water partition coefficient (Wildman–Crippen LogP) is 10.9. The Balaban J connectivity index is 1.15. The van der Waals surface area contributed by atoms with E-state index in [1.54, 1.807) is 0 Å². The van der Waals surface area contributed by atoms with Gasteiger partial charge >= 0.3 is 0 Å². The fraction of sp³-hybridized carbons (Fsp3) is 0.0698. The summed E-state index contributed by atoms with van der Waals surface area (Å²) in [6.45, 7) is 0. The topological polar surface area (TPSA) is 39.2 Å². The number of hydrogen-bond acceptors (Lipinski definition) is 2. The lowest BCUT2D eigenvalue weighted by molar-refractivity contribution is 0.596. The molecule has 2 heteroatoms. The molecule has 1 heterocycles. The Hall–Kier alpha value is -5.60. The Labute approximate surface area is 263 Å². The zero-order valence-electron chi connectivity index (χ0n) is 25.0. The van der Waals surface area contributed by atoms with Gasteiger partial charge in [0.15, 0.2) is 0 Å². The maximum Gasteiger partial charge on any atom is 0.135 e. The molecule has 216 valence electrons. The lowest BCUT2D eigenvalue weighted by Crippen LogP contribution is -2.05. The molecule has 2 N–H and O–H groups in total. The SMILES string of the molecule is N/C(=C\C(c1ccccc1)c1cccc(C2=Cc3oc4ccc5ccccc5c4c3CC2)c1)c1ccc(-c2ccccc2)cc1. The van der Waals surface area contributed by atoms with Crippen LogP contribution in [0.15, 0.2) is 156 Å². The Morgan fingerprint density at radius 2 is 1.31 bits per heavy atom. The minimum atomic E-state index is 0.0114. The summed E-state index contributed by atoms with van der Waals surface area (Å²) in [6, 6.07) is 51.4. The fourth-order valence-corrected chi connectivity index (χ4v) is 6.77. The number of rotatable bonds is 6. The first-order chi connectivity index (χ1) is 22.2. The molecule has 7 aromatic rings. The maximum atomic E-state index is 6.81. The van der Waals surface area contributed by atoms with E-state index in [0.29, 0.717) is 0 Å². The summed E-state index contributed by atoms with van der Waals surface area (Å²) in [7, 11) is 0. The van der Waals surface area contributed by atoms with Crippen molar-refractivity contribution in [3.63, 3.8) is 0 Å². The van der Waals surface area contributed by atoms with Crippen molar-refractivity contribution < 1.29 is 4.42 Å². The van der Waals surface area contributed by atoms with E-state index in [1.165, 1.54) is 55.1 Å². The first-order valence-corrected chi connectivity index (χ1v) is 15.6. The van der Waals surface area contributed by atoms with Crippen LogP contribution in [0.25, 0.3) is 50.2 Å². The predicted molar refractivity (Wildman–Crippen MR) is 189 cm³/mol. The Morgan fingerprint density at radius 1 is 0.622 bits per heavy atom. The van der Waals surface area contributed by atoms with Crippen molar-refractivity contribution in [1.29, 1.82) is 0 Å². The van der Waals surface area contributed by atoms with Crippen LogP contribution < -0.4 is 5.73 Å². The van der Waals surface area contributed by atoms with Gasteiger partial charge in [-0.05, 0) is 80.8 Å². The molecular formula is C43H33NO. The molecular weight excluding hydrogens is 546 g/mol. The molecule has 0 aliphatic heterocycles. The van der Waals surface area contributed by atoms with Gasteiger partial charge in [0.2, 0.25) is 0 Å². The molecule has 1 aromatic heterocycles. The summed E-state index contributed by atoms with van der Waals surface area (Å²) in [4.78, 5) is 0. The number of fused-ring (bicyclic) bond motifs is 5. The van der Waals surface area contributed by atoms with Crippen molar-refractivity contribution in [2.75, 3.05) is 0 Å². The molecule has 8 rings (SSSR count). The highest BCUT2D eigenvalue weighted by Crippen LogP contribution is 2.40. The average Bonchev–Trinajstić information content (AvgIpc) is 3.50. The van der Waals surface area contributed by atoms with Crippen molar-refractivity contribution in [2.24, 2.45) is 5.73 Å². The third-order valence-corrected chi connectivity index (χ3v) is 9.11. The minimum absolute atomic E-state index is 0.0114. The van der Waals surface area contributed by atoms with Gasteiger partial charge in [0.25, 0.3) is 0 Å². The summed E-state index contributed by atoms with van der Waals surface area (Å²) in [5.41, 5.74) is 18.2. The first kappa shape index (κ1) is 27.0. The van der Waals surface area contributed by atoms with Crippen LogP contribution in [0.2, 0.25) is 0 Å². The molecule has 0 spiro atoms. The van der Waals surface area contributed by atoms with E-state index in [0.717, 1.165) is 35.4 Å². The summed E-state index contributed by atoms with van der Waals surface area (Å²) in [5, 5.41) is 3.78. The Morgan fingerprint density at radius 3 is 2.13 bits per heavy atom.